The van der Waals surface area contributed by atoms with Gasteiger partial charge in [0, 0.05) is 41.9 Å². The molecule has 0 bridgehead atoms. The Morgan fingerprint density at radius 3 is 2.82 bits per heavy atom. The molecule has 0 spiro atoms. The molecule has 10 heteroatoms. The van der Waals surface area contributed by atoms with E-state index in [-0.39, 0.29) is 37.5 Å². The summed E-state index contributed by atoms with van der Waals surface area (Å²) in [5, 5.41) is 7.29. The Balaban J connectivity index is 1.70. The summed E-state index contributed by atoms with van der Waals surface area (Å²) in [5.74, 6) is -1.02. The van der Waals surface area contributed by atoms with Crippen LogP contribution in [0.5, 0.6) is 5.75 Å². The highest BCUT2D eigenvalue weighted by Crippen LogP contribution is 2.40. The van der Waals surface area contributed by atoms with Crippen LogP contribution >= 0.6 is 11.6 Å². The second-order valence-corrected chi connectivity index (χ2v) is 7.96. The van der Waals surface area contributed by atoms with Crippen molar-refractivity contribution in [3.05, 3.63) is 70.1 Å². The Morgan fingerprint density at radius 1 is 1.27 bits per heavy atom. The van der Waals surface area contributed by atoms with Gasteiger partial charge in [-0.3, -0.25) is 14.3 Å². The number of hydrogen-bond acceptors (Lipinski definition) is 4. The first-order chi connectivity index (χ1) is 15.9. The van der Waals surface area contributed by atoms with E-state index in [1.54, 1.807) is 36.0 Å². The number of hydrogen-bond donors (Lipinski definition) is 1. The molecule has 2 amide bonds. The third-order valence-corrected chi connectivity index (χ3v) is 5.51. The molecule has 0 radical (unpaired) electrons. The number of halogens is 3. The zero-order valence-corrected chi connectivity index (χ0v) is 18.5. The average molecular weight is 475 g/mol. The van der Waals surface area contributed by atoms with E-state index in [1.807, 2.05) is 0 Å². The normalized spacial score (nSPS) is 11.9. The van der Waals surface area contributed by atoms with E-state index in [2.05, 4.69) is 10.4 Å². The lowest BCUT2D eigenvalue weighted by molar-refractivity contribution is -0.121. The highest BCUT2D eigenvalue weighted by molar-refractivity contribution is 6.31. The largest absolute Gasteiger partial charge is 0.488 e. The van der Waals surface area contributed by atoms with Crippen LogP contribution in [0.15, 0.2) is 42.5 Å². The quantitative estimate of drug-likeness (QED) is 0.568. The first-order valence-corrected chi connectivity index (χ1v) is 10.6. The SMILES string of the molecule is Cn1nc(C(=O)N(CC(=O)NCCF)Cc2ccccc2F)c2c1-c1cc(Cl)ccc1OC2. The van der Waals surface area contributed by atoms with Crippen LogP contribution in [0.25, 0.3) is 11.3 Å². The van der Waals surface area contributed by atoms with Gasteiger partial charge in [0.15, 0.2) is 5.69 Å². The van der Waals surface area contributed by atoms with Crippen LogP contribution in [-0.2, 0) is 25.0 Å². The minimum absolute atomic E-state index is 0.0905. The van der Waals surface area contributed by atoms with Crippen molar-refractivity contribution in [1.82, 2.24) is 20.0 Å². The van der Waals surface area contributed by atoms with Crippen LogP contribution in [0.4, 0.5) is 8.78 Å². The van der Waals surface area contributed by atoms with Gasteiger partial charge in [-0.25, -0.2) is 8.78 Å². The zero-order valence-electron chi connectivity index (χ0n) is 17.8. The van der Waals surface area contributed by atoms with E-state index in [1.165, 1.54) is 23.1 Å². The highest BCUT2D eigenvalue weighted by atomic mass is 35.5. The van der Waals surface area contributed by atoms with E-state index in [0.29, 0.717) is 27.6 Å². The zero-order chi connectivity index (χ0) is 23.5. The number of alkyl halides is 1. The number of rotatable bonds is 7. The van der Waals surface area contributed by atoms with Crippen molar-refractivity contribution in [2.45, 2.75) is 13.2 Å². The molecule has 0 fully saturated rings. The topological polar surface area (TPSA) is 76.5 Å². The molecule has 33 heavy (non-hydrogen) atoms. The molecule has 7 nitrogen and oxygen atoms in total. The molecule has 0 aliphatic carbocycles. The maximum absolute atomic E-state index is 14.3. The van der Waals surface area contributed by atoms with Gasteiger partial charge in [0.05, 0.1) is 5.69 Å². The lowest BCUT2D eigenvalue weighted by Gasteiger charge is -2.23. The molecule has 1 aromatic heterocycles. The molecule has 0 saturated carbocycles. The molecule has 0 unspecified atom stereocenters. The summed E-state index contributed by atoms with van der Waals surface area (Å²) in [5.41, 5.74) is 2.24. The average Bonchev–Trinajstić information content (AvgIpc) is 3.15. The van der Waals surface area contributed by atoms with Gasteiger partial charge in [-0.05, 0) is 24.3 Å². The smallest absolute Gasteiger partial charge is 0.275 e. The molecule has 172 valence electrons. The number of fused-ring (bicyclic) bond motifs is 3. The van der Waals surface area contributed by atoms with Crippen molar-refractivity contribution in [2.24, 2.45) is 7.05 Å². The van der Waals surface area contributed by atoms with Crippen LogP contribution in [0.1, 0.15) is 21.6 Å². The summed E-state index contributed by atoms with van der Waals surface area (Å²) in [6.07, 6.45) is 0. The first kappa shape index (κ1) is 22.7. The summed E-state index contributed by atoms with van der Waals surface area (Å²) in [6, 6.07) is 11.2. The van der Waals surface area contributed by atoms with Crippen molar-refractivity contribution in [1.29, 1.82) is 0 Å². The fourth-order valence-electron chi connectivity index (χ4n) is 3.77. The molecule has 1 aliphatic heterocycles. The number of aryl methyl sites for hydroxylation is 1. The van der Waals surface area contributed by atoms with Gasteiger partial charge in [0.2, 0.25) is 5.91 Å². The van der Waals surface area contributed by atoms with Gasteiger partial charge in [-0.15, -0.1) is 0 Å². The maximum Gasteiger partial charge on any atom is 0.275 e. The fraction of sp³-hybridized carbons (Fsp3) is 0.261. The predicted molar refractivity (Wildman–Crippen MR) is 118 cm³/mol. The van der Waals surface area contributed by atoms with Crippen molar-refractivity contribution < 1.29 is 23.1 Å². The van der Waals surface area contributed by atoms with E-state index < -0.39 is 24.3 Å². The summed E-state index contributed by atoms with van der Waals surface area (Å²) >= 11 is 6.15. The maximum atomic E-state index is 14.3. The monoisotopic (exact) mass is 474 g/mol. The van der Waals surface area contributed by atoms with Gasteiger partial charge >= 0.3 is 0 Å². The minimum Gasteiger partial charge on any atom is -0.488 e. The number of benzene rings is 2. The van der Waals surface area contributed by atoms with Crippen LogP contribution < -0.4 is 10.1 Å². The summed E-state index contributed by atoms with van der Waals surface area (Å²) in [6.45, 7) is -1.36. The molecule has 1 N–H and O–H groups in total. The molecular formula is C23H21ClF2N4O3. The molecule has 2 heterocycles. The van der Waals surface area contributed by atoms with Gasteiger partial charge in [-0.1, -0.05) is 29.8 Å². The number of aromatic nitrogens is 2. The Morgan fingerprint density at radius 2 is 2.06 bits per heavy atom. The third kappa shape index (κ3) is 4.68. The van der Waals surface area contributed by atoms with Gasteiger partial charge < -0.3 is 15.0 Å². The van der Waals surface area contributed by atoms with Crippen molar-refractivity contribution in [2.75, 3.05) is 19.8 Å². The Bertz CT molecular complexity index is 1210. The Labute approximate surface area is 193 Å². The van der Waals surface area contributed by atoms with Gasteiger partial charge in [-0.2, -0.15) is 5.10 Å². The summed E-state index contributed by atoms with van der Waals surface area (Å²) < 4.78 is 34.1. The van der Waals surface area contributed by atoms with E-state index in [9.17, 15) is 18.4 Å². The molecule has 0 saturated heterocycles. The highest BCUT2D eigenvalue weighted by Gasteiger charge is 2.31. The number of carbonyl (C=O) groups excluding carboxylic acids is 2. The molecule has 0 atom stereocenters. The van der Waals surface area contributed by atoms with Gasteiger partial charge in [0.1, 0.15) is 31.4 Å². The third-order valence-electron chi connectivity index (χ3n) is 5.27. The van der Waals surface area contributed by atoms with Crippen molar-refractivity contribution >= 4 is 23.4 Å². The molecule has 1 aliphatic rings. The van der Waals surface area contributed by atoms with E-state index >= 15 is 0 Å². The lowest BCUT2D eigenvalue weighted by Crippen LogP contribution is -2.41. The number of ether oxygens (including phenoxy) is 1. The standard InChI is InChI=1S/C23H21ClF2N4O3/c1-29-22-16-10-15(24)6-7-19(16)33-13-17(22)21(28-29)23(32)30(12-20(31)27-9-8-25)11-14-4-2-3-5-18(14)26/h2-7,10H,8-9,11-13H2,1H3,(H,27,31). The lowest BCUT2D eigenvalue weighted by atomic mass is 10.0. The number of nitrogens with zero attached hydrogens (tertiary/aromatic N) is 3. The molecule has 4 rings (SSSR count). The van der Waals surface area contributed by atoms with Gasteiger partial charge in [0.25, 0.3) is 5.91 Å². The number of carbonyl (C=O) groups is 2. The minimum atomic E-state index is -0.736. The fourth-order valence-corrected chi connectivity index (χ4v) is 3.95. The van der Waals surface area contributed by atoms with Crippen LogP contribution in [0, 0.1) is 5.82 Å². The molecule has 2 aromatic carbocycles. The van der Waals surface area contributed by atoms with Crippen molar-refractivity contribution in [3.63, 3.8) is 0 Å². The first-order valence-electron chi connectivity index (χ1n) is 10.2. The van der Waals surface area contributed by atoms with Crippen molar-refractivity contribution in [3.8, 4) is 17.0 Å². The second-order valence-electron chi connectivity index (χ2n) is 7.52. The predicted octanol–water partition coefficient (Wildman–Crippen LogP) is 3.50. The Kier molecular flexibility index (Phi) is 6.60. The van der Waals surface area contributed by atoms with E-state index in [0.717, 1.165) is 0 Å². The number of amides is 2. The summed E-state index contributed by atoms with van der Waals surface area (Å²) in [7, 11) is 1.70. The Hall–Kier alpha value is -3.46. The summed E-state index contributed by atoms with van der Waals surface area (Å²) in [4.78, 5) is 27.0. The molecule has 3 aromatic rings. The van der Waals surface area contributed by atoms with E-state index in [4.69, 9.17) is 16.3 Å². The van der Waals surface area contributed by atoms with Crippen LogP contribution in [0.3, 0.4) is 0 Å². The van der Waals surface area contributed by atoms with Crippen LogP contribution in [0.2, 0.25) is 5.02 Å². The number of nitrogens with one attached hydrogen (secondary N) is 1. The second kappa shape index (κ2) is 9.58. The molecular weight excluding hydrogens is 454 g/mol. The van der Waals surface area contributed by atoms with Crippen LogP contribution in [-0.4, -0.2) is 46.3 Å².